The summed E-state index contributed by atoms with van der Waals surface area (Å²) in [5.74, 6) is 2.57. The Morgan fingerprint density at radius 1 is 1.04 bits per heavy atom. The Hall–Kier alpha value is -1.06. The van der Waals surface area contributed by atoms with Gasteiger partial charge in [0.05, 0.1) is 7.11 Å². The van der Waals surface area contributed by atoms with Crippen molar-refractivity contribution in [3.63, 3.8) is 0 Å². The highest BCUT2D eigenvalue weighted by Crippen LogP contribution is 2.43. The van der Waals surface area contributed by atoms with Crippen LogP contribution < -0.4 is 10.1 Å². The van der Waals surface area contributed by atoms with E-state index in [9.17, 15) is 0 Å². The molecular weight excluding hydrogens is 308 g/mol. The van der Waals surface area contributed by atoms with Gasteiger partial charge in [-0.05, 0) is 55.6 Å². The van der Waals surface area contributed by atoms with Crippen LogP contribution in [0.5, 0.6) is 5.75 Å². The van der Waals surface area contributed by atoms with E-state index >= 15 is 0 Å². The van der Waals surface area contributed by atoms with E-state index in [0.717, 1.165) is 17.7 Å². The Labute approximate surface area is 153 Å². The van der Waals surface area contributed by atoms with Crippen LogP contribution in [0.2, 0.25) is 0 Å². The lowest BCUT2D eigenvalue weighted by Gasteiger charge is -2.42. The average Bonchev–Trinajstić information content (AvgIpc) is 3.19. The minimum absolute atomic E-state index is 0.674. The van der Waals surface area contributed by atoms with Crippen molar-refractivity contribution in [1.29, 1.82) is 0 Å². The highest BCUT2D eigenvalue weighted by molar-refractivity contribution is 5.36. The molecule has 0 spiro atoms. The second-order valence-electron chi connectivity index (χ2n) is 8.36. The molecule has 138 valence electrons. The molecule has 0 bridgehead atoms. The number of nitrogens with one attached hydrogen (secondary N) is 1. The maximum absolute atomic E-state index is 5.61. The van der Waals surface area contributed by atoms with Crippen LogP contribution in [0.3, 0.4) is 0 Å². The zero-order chi connectivity index (χ0) is 17.1. The molecule has 2 saturated carbocycles. The van der Waals surface area contributed by atoms with Crippen molar-refractivity contribution < 1.29 is 4.74 Å². The van der Waals surface area contributed by atoms with Crippen LogP contribution in [0, 0.1) is 5.92 Å². The first kappa shape index (κ1) is 17.4. The van der Waals surface area contributed by atoms with Crippen LogP contribution in [0.15, 0.2) is 24.3 Å². The van der Waals surface area contributed by atoms with Crippen molar-refractivity contribution in [2.24, 2.45) is 5.92 Å². The molecule has 0 amide bonds. The second kappa shape index (κ2) is 8.09. The Kier molecular flexibility index (Phi) is 5.62. The van der Waals surface area contributed by atoms with Gasteiger partial charge in [-0.25, -0.2) is 0 Å². The van der Waals surface area contributed by atoms with Gasteiger partial charge in [-0.1, -0.05) is 37.5 Å². The van der Waals surface area contributed by atoms with E-state index in [2.05, 4.69) is 34.5 Å². The van der Waals surface area contributed by atoms with E-state index in [-0.39, 0.29) is 0 Å². The molecule has 3 aliphatic rings. The first-order chi connectivity index (χ1) is 12.3. The van der Waals surface area contributed by atoms with Crippen molar-refractivity contribution in [1.82, 2.24) is 10.2 Å². The predicted octanol–water partition coefficient (Wildman–Crippen LogP) is 4.19. The topological polar surface area (TPSA) is 24.5 Å². The molecule has 2 aliphatic carbocycles. The summed E-state index contributed by atoms with van der Waals surface area (Å²) in [5, 5.41) is 3.86. The summed E-state index contributed by atoms with van der Waals surface area (Å²) in [6, 6.07) is 10.2. The van der Waals surface area contributed by atoms with Gasteiger partial charge in [0.2, 0.25) is 0 Å². The lowest BCUT2D eigenvalue weighted by atomic mass is 9.89. The maximum atomic E-state index is 5.61. The summed E-state index contributed by atoms with van der Waals surface area (Å²) in [4.78, 5) is 2.82. The molecular formula is C22H34N2O. The summed E-state index contributed by atoms with van der Waals surface area (Å²) < 4.78 is 5.61. The van der Waals surface area contributed by atoms with E-state index < -0.39 is 0 Å². The smallest absolute Gasteiger partial charge is 0.122 e. The standard InChI is InChI=1S/C22H34N2O/c1-25-22-10-6-5-9-20(22)17-11-12-18(15-17)21-16-24(14-13-23-21)19-7-3-2-4-8-19/h5-6,9-10,17-19,21,23H,2-4,7-8,11-16H2,1H3/t17-,18-,21?/m0/s1. The summed E-state index contributed by atoms with van der Waals surface area (Å²) in [6.07, 6.45) is 11.2. The molecule has 1 N–H and O–H groups in total. The van der Waals surface area contributed by atoms with Crippen LogP contribution in [0.25, 0.3) is 0 Å². The zero-order valence-electron chi connectivity index (χ0n) is 15.8. The molecule has 3 heteroatoms. The molecule has 1 heterocycles. The summed E-state index contributed by atoms with van der Waals surface area (Å²) in [6.45, 7) is 3.70. The monoisotopic (exact) mass is 342 g/mol. The first-order valence-corrected chi connectivity index (χ1v) is 10.5. The number of methoxy groups -OCH3 is 1. The number of hydrogen-bond donors (Lipinski definition) is 1. The van der Waals surface area contributed by atoms with Gasteiger partial charge in [-0.15, -0.1) is 0 Å². The van der Waals surface area contributed by atoms with Crippen molar-refractivity contribution in [2.45, 2.75) is 69.4 Å². The molecule has 3 fully saturated rings. The van der Waals surface area contributed by atoms with Gasteiger partial charge >= 0.3 is 0 Å². The third-order valence-corrected chi connectivity index (χ3v) is 6.95. The lowest BCUT2D eigenvalue weighted by Crippen LogP contribution is -2.56. The third-order valence-electron chi connectivity index (χ3n) is 6.95. The van der Waals surface area contributed by atoms with Gasteiger partial charge in [-0.2, -0.15) is 0 Å². The molecule has 1 aromatic rings. The van der Waals surface area contributed by atoms with Crippen molar-refractivity contribution in [3.05, 3.63) is 29.8 Å². The molecule has 3 nitrogen and oxygen atoms in total. The third kappa shape index (κ3) is 3.88. The molecule has 4 rings (SSSR count). The molecule has 25 heavy (non-hydrogen) atoms. The van der Waals surface area contributed by atoms with Gasteiger partial charge < -0.3 is 10.1 Å². The Balaban J connectivity index is 1.37. The predicted molar refractivity (Wildman–Crippen MR) is 103 cm³/mol. The number of hydrogen-bond acceptors (Lipinski definition) is 3. The number of ether oxygens (including phenoxy) is 1. The van der Waals surface area contributed by atoms with Crippen LogP contribution in [0.4, 0.5) is 0 Å². The first-order valence-electron chi connectivity index (χ1n) is 10.5. The molecule has 1 aromatic carbocycles. The van der Waals surface area contributed by atoms with Gasteiger partial charge in [0.25, 0.3) is 0 Å². The van der Waals surface area contributed by atoms with E-state index in [1.807, 2.05) is 0 Å². The molecule has 1 unspecified atom stereocenters. The van der Waals surface area contributed by atoms with Crippen LogP contribution in [-0.2, 0) is 0 Å². The molecule has 1 aliphatic heterocycles. The van der Waals surface area contributed by atoms with Gasteiger partial charge in [-0.3, -0.25) is 4.90 Å². The highest BCUT2D eigenvalue weighted by atomic mass is 16.5. The summed E-state index contributed by atoms with van der Waals surface area (Å²) in [7, 11) is 1.80. The molecule has 0 radical (unpaired) electrons. The van der Waals surface area contributed by atoms with Crippen LogP contribution in [0.1, 0.15) is 62.8 Å². The van der Waals surface area contributed by atoms with Gasteiger partial charge in [0, 0.05) is 31.7 Å². The van der Waals surface area contributed by atoms with E-state index in [0.29, 0.717) is 12.0 Å². The SMILES string of the molecule is COc1ccccc1[C@H]1CC[C@H](C2CN(C3CCCCC3)CCN2)C1. The number of nitrogens with zero attached hydrogens (tertiary/aromatic N) is 1. The average molecular weight is 343 g/mol. The molecule has 3 atom stereocenters. The van der Waals surface area contributed by atoms with Crippen molar-refractivity contribution in [3.8, 4) is 5.75 Å². The molecule has 0 aromatic heterocycles. The van der Waals surface area contributed by atoms with Crippen molar-refractivity contribution in [2.75, 3.05) is 26.7 Å². The second-order valence-corrected chi connectivity index (χ2v) is 8.36. The fourth-order valence-corrected chi connectivity index (χ4v) is 5.56. The Bertz CT molecular complexity index is 555. The van der Waals surface area contributed by atoms with Gasteiger partial charge in [0.1, 0.15) is 5.75 Å². The minimum Gasteiger partial charge on any atom is -0.496 e. The van der Waals surface area contributed by atoms with E-state index in [1.54, 1.807) is 7.11 Å². The van der Waals surface area contributed by atoms with E-state index in [1.165, 1.54) is 76.6 Å². The Morgan fingerprint density at radius 3 is 2.72 bits per heavy atom. The normalized spacial score (nSPS) is 32.0. The molecule has 1 saturated heterocycles. The largest absolute Gasteiger partial charge is 0.496 e. The lowest BCUT2D eigenvalue weighted by molar-refractivity contribution is 0.0979. The van der Waals surface area contributed by atoms with Crippen molar-refractivity contribution >= 4 is 0 Å². The fourth-order valence-electron chi connectivity index (χ4n) is 5.56. The summed E-state index contributed by atoms with van der Waals surface area (Å²) in [5.41, 5.74) is 1.42. The number of para-hydroxylation sites is 1. The zero-order valence-corrected chi connectivity index (χ0v) is 15.8. The van der Waals surface area contributed by atoms with Crippen LogP contribution >= 0.6 is 0 Å². The van der Waals surface area contributed by atoms with Crippen LogP contribution in [-0.4, -0.2) is 43.7 Å². The number of piperazine rings is 1. The minimum atomic E-state index is 0.674. The Morgan fingerprint density at radius 2 is 1.88 bits per heavy atom. The number of rotatable bonds is 4. The quantitative estimate of drug-likeness (QED) is 0.888. The van der Waals surface area contributed by atoms with E-state index in [4.69, 9.17) is 4.74 Å². The highest BCUT2D eigenvalue weighted by Gasteiger charge is 2.36. The maximum Gasteiger partial charge on any atom is 0.122 e. The summed E-state index contributed by atoms with van der Waals surface area (Å²) >= 11 is 0. The number of benzene rings is 1. The fraction of sp³-hybridized carbons (Fsp3) is 0.727. The van der Waals surface area contributed by atoms with Gasteiger partial charge in [0.15, 0.2) is 0 Å².